The summed E-state index contributed by atoms with van der Waals surface area (Å²) >= 11 is 0. The second-order valence-electron chi connectivity index (χ2n) is 3.85. The Kier molecular flexibility index (Phi) is 4.81. The second-order valence-corrected chi connectivity index (χ2v) is 3.85. The molecule has 0 bridgehead atoms. The van der Waals surface area contributed by atoms with Crippen LogP contribution in [0, 0.1) is 0 Å². The number of ether oxygens (including phenoxy) is 1. The van der Waals surface area contributed by atoms with Crippen LogP contribution >= 0.6 is 0 Å². The van der Waals surface area contributed by atoms with Crippen LogP contribution in [0.5, 0.6) is 5.88 Å². The summed E-state index contributed by atoms with van der Waals surface area (Å²) in [6, 6.07) is 1.44. The van der Waals surface area contributed by atoms with Crippen molar-refractivity contribution in [1.29, 1.82) is 0 Å². The Morgan fingerprint density at radius 3 is 2.88 bits per heavy atom. The summed E-state index contributed by atoms with van der Waals surface area (Å²) in [6.45, 7) is 4.50. The predicted molar refractivity (Wildman–Crippen MR) is 66.1 cm³/mol. The second kappa shape index (κ2) is 6.12. The lowest BCUT2D eigenvalue weighted by atomic mass is 10.3. The van der Waals surface area contributed by atoms with Gasteiger partial charge in [-0.25, -0.2) is 4.68 Å². The Labute approximate surface area is 101 Å². The summed E-state index contributed by atoms with van der Waals surface area (Å²) in [5, 5.41) is 10.0. The largest absolute Gasteiger partial charge is 0.481 e. The van der Waals surface area contributed by atoms with E-state index >= 15 is 0 Å². The molecule has 0 aliphatic rings. The molecule has 0 spiro atoms. The number of carbonyl (C=O) groups is 1. The summed E-state index contributed by atoms with van der Waals surface area (Å²) in [5.74, 6) is 1.24. The molecule has 6 nitrogen and oxygen atoms in total. The van der Waals surface area contributed by atoms with E-state index in [0.29, 0.717) is 18.2 Å². The van der Waals surface area contributed by atoms with Crippen molar-refractivity contribution in [2.75, 3.05) is 19.0 Å². The SMILES string of the molecule is CCCNC(=O)C(C)Nc1cc(OC)n(C)n1. The molecule has 0 aliphatic carbocycles. The van der Waals surface area contributed by atoms with E-state index in [1.165, 1.54) is 0 Å². The molecule has 0 radical (unpaired) electrons. The average Bonchev–Trinajstić information content (AvgIpc) is 2.66. The van der Waals surface area contributed by atoms with Crippen molar-refractivity contribution in [1.82, 2.24) is 15.1 Å². The summed E-state index contributed by atoms with van der Waals surface area (Å²) in [5.41, 5.74) is 0. The van der Waals surface area contributed by atoms with Crippen molar-refractivity contribution in [2.45, 2.75) is 26.3 Å². The molecule has 1 aromatic heterocycles. The lowest BCUT2D eigenvalue weighted by Gasteiger charge is -2.12. The maximum Gasteiger partial charge on any atom is 0.242 e. The Morgan fingerprint density at radius 1 is 1.65 bits per heavy atom. The fraction of sp³-hybridized carbons (Fsp3) is 0.636. The van der Waals surface area contributed by atoms with Gasteiger partial charge in [0.05, 0.1) is 7.11 Å². The number of anilines is 1. The zero-order valence-corrected chi connectivity index (χ0v) is 10.8. The van der Waals surface area contributed by atoms with Gasteiger partial charge in [-0.1, -0.05) is 6.92 Å². The molecule has 6 heteroatoms. The van der Waals surface area contributed by atoms with Gasteiger partial charge in [-0.2, -0.15) is 5.10 Å². The van der Waals surface area contributed by atoms with Crippen LogP contribution in [0.4, 0.5) is 5.82 Å². The van der Waals surface area contributed by atoms with E-state index in [-0.39, 0.29) is 11.9 Å². The van der Waals surface area contributed by atoms with E-state index in [4.69, 9.17) is 4.74 Å². The first-order valence-electron chi connectivity index (χ1n) is 5.70. The van der Waals surface area contributed by atoms with Gasteiger partial charge in [0.25, 0.3) is 0 Å². The number of methoxy groups -OCH3 is 1. The molecule has 1 atom stereocenters. The van der Waals surface area contributed by atoms with Crippen LogP contribution in [0.15, 0.2) is 6.07 Å². The molecule has 0 aromatic carbocycles. The number of carbonyl (C=O) groups excluding carboxylic acids is 1. The fourth-order valence-corrected chi connectivity index (χ4v) is 1.40. The summed E-state index contributed by atoms with van der Waals surface area (Å²) in [4.78, 5) is 11.6. The monoisotopic (exact) mass is 240 g/mol. The van der Waals surface area contributed by atoms with Gasteiger partial charge in [0.1, 0.15) is 6.04 Å². The number of aryl methyl sites for hydroxylation is 1. The first kappa shape index (κ1) is 13.3. The predicted octanol–water partition coefficient (Wildman–Crippen LogP) is 0.755. The van der Waals surface area contributed by atoms with E-state index < -0.39 is 0 Å². The molecular weight excluding hydrogens is 220 g/mol. The molecule has 0 saturated carbocycles. The van der Waals surface area contributed by atoms with Crippen LogP contribution < -0.4 is 15.4 Å². The van der Waals surface area contributed by atoms with Crippen LogP contribution in [-0.4, -0.2) is 35.4 Å². The highest BCUT2D eigenvalue weighted by Gasteiger charge is 2.14. The summed E-state index contributed by atoms with van der Waals surface area (Å²) in [6.07, 6.45) is 0.926. The average molecular weight is 240 g/mol. The normalized spacial score (nSPS) is 12.0. The Hall–Kier alpha value is -1.72. The molecule has 17 heavy (non-hydrogen) atoms. The standard InChI is InChI=1S/C11H20N4O2/c1-5-6-12-11(16)8(2)13-9-7-10(17-4)15(3)14-9/h7-8H,5-6H2,1-4H3,(H,12,16)(H,13,14). The van der Waals surface area contributed by atoms with Gasteiger partial charge in [0.2, 0.25) is 11.8 Å². The topological polar surface area (TPSA) is 68.2 Å². The molecule has 2 N–H and O–H groups in total. The number of rotatable bonds is 6. The number of hydrogen-bond donors (Lipinski definition) is 2. The molecule has 96 valence electrons. The van der Waals surface area contributed by atoms with Crippen molar-refractivity contribution in [3.8, 4) is 5.88 Å². The number of aromatic nitrogens is 2. The number of amides is 1. The molecule has 1 unspecified atom stereocenters. The van der Waals surface area contributed by atoms with Gasteiger partial charge in [0.15, 0.2) is 5.82 Å². The van der Waals surface area contributed by atoms with Gasteiger partial charge in [0, 0.05) is 19.7 Å². The van der Waals surface area contributed by atoms with Crippen molar-refractivity contribution in [3.05, 3.63) is 6.07 Å². The third kappa shape index (κ3) is 3.65. The minimum Gasteiger partial charge on any atom is -0.481 e. The Bertz CT molecular complexity index is 376. The van der Waals surface area contributed by atoms with Crippen LogP contribution in [0.1, 0.15) is 20.3 Å². The van der Waals surface area contributed by atoms with Gasteiger partial charge in [-0.3, -0.25) is 4.79 Å². The van der Waals surface area contributed by atoms with Crippen LogP contribution in [0.3, 0.4) is 0 Å². The van der Waals surface area contributed by atoms with E-state index in [2.05, 4.69) is 15.7 Å². The number of nitrogens with zero attached hydrogens (tertiary/aromatic N) is 2. The fourth-order valence-electron chi connectivity index (χ4n) is 1.40. The number of hydrogen-bond acceptors (Lipinski definition) is 4. The lowest BCUT2D eigenvalue weighted by Crippen LogP contribution is -2.37. The highest BCUT2D eigenvalue weighted by atomic mass is 16.5. The zero-order valence-electron chi connectivity index (χ0n) is 10.8. The van der Waals surface area contributed by atoms with Crippen molar-refractivity contribution in [2.24, 2.45) is 7.05 Å². The Morgan fingerprint density at radius 2 is 2.35 bits per heavy atom. The Balaban J connectivity index is 2.55. The van der Waals surface area contributed by atoms with Crippen molar-refractivity contribution < 1.29 is 9.53 Å². The van der Waals surface area contributed by atoms with Crippen LogP contribution in [-0.2, 0) is 11.8 Å². The minimum absolute atomic E-state index is 0.0310. The molecule has 1 heterocycles. The van der Waals surface area contributed by atoms with Gasteiger partial charge >= 0.3 is 0 Å². The molecule has 1 amide bonds. The first-order chi connectivity index (χ1) is 8.08. The lowest BCUT2D eigenvalue weighted by molar-refractivity contribution is -0.121. The maximum atomic E-state index is 11.6. The van der Waals surface area contributed by atoms with E-state index in [1.807, 2.05) is 6.92 Å². The van der Waals surface area contributed by atoms with E-state index in [1.54, 1.807) is 31.8 Å². The molecule has 0 fully saturated rings. The summed E-state index contributed by atoms with van der Waals surface area (Å²) < 4.78 is 6.70. The maximum absolute atomic E-state index is 11.6. The summed E-state index contributed by atoms with van der Waals surface area (Å²) in [7, 11) is 3.37. The molecule has 0 saturated heterocycles. The van der Waals surface area contributed by atoms with E-state index in [9.17, 15) is 4.79 Å². The van der Waals surface area contributed by atoms with Gasteiger partial charge in [-0.05, 0) is 13.3 Å². The van der Waals surface area contributed by atoms with Crippen LogP contribution in [0.2, 0.25) is 0 Å². The van der Waals surface area contributed by atoms with Crippen LogP contribution in [0.25, 0.3) is 0 Å². The third-order valence-corrected chi connectivity index (χ3v) is 2.35. The quantitative estimate of drug-likeness (QED) is 0.770. The zero-order chi connectivity index (χ0) is 12.8. The van der Waals surface area contributed by atoms with Gasteiger partial charge < -0.3 is 15.4 Å². The minimum atomic E-state index is -0.318. The van der Waals surface area contributed by atoms with Gasteiger partial charge in [-0.15, -0.1) is 0 Å². The molecule has 1 rings (SSSR count). The molecule has 0 aliphatic heterocycles. The third-order valence-electron chi connectivity index (χ3n) is 2.35. The smallest absolute Gasteiger partial charge is 0.242 e. The number of nitrogens with one attached hydrogen (secondary N) is 2. The highest BCUT2D eigenvalue weighted by Crippen LogP contribution is 2.15. The molecule has 1 aromatic rings. The van der Waals surface area contributed by atoms with Crippen molar-refractivity contribution in [3.63, 3.8) is 0 Å². The van der Waals surface area contributed by atoms with Crippen molar-refractivity contribution >= 4 is 11.7 Å². The molecular formula is C11H20N4O2. The first-order valence-corrected chi connectivity index (χ1v) is 5.70. The van der Waals surface area contributed by atoms with E-state index in [0.717, 1.165) is 6.42 Å². The highest BCUT2D eigenvalue weighted by molar-refractivity contribution is 5.83.